The maximum Gasteiger partial charge on any atom is 0.120 e. The fraction of sp³-hybridized carbons (Fsp3) is 0.250. The highest BCUT2D eigenvalue weighted by Gasteiger charge is 2.07. The number of hydrogen-bond donors (Lipinski definition) is 2. The third-order valence-corrected chi connectivity index (χ3v) is 3.39. The fourth-order valence-electron chi connectivity index (χ4n) is 2.08. The lowest BCUT2D eigenvalue weighted by Crippen LogP contribution is -2.14. The summed E-state index contributed by atoms with van der Waals surface area (Å²) in [5.74, 6) is 11.5. The zero-order valence-corrected chi connectivity index (χ0v) is 16.6. The Morgan fingerprint density at radius 2 is 1.04 bits per heavy atom. The highest BCUT2D eigenvalue weighted by Crippen LogP contribution is 2.08. The lowest BCUT2D eigenvalue weighted by atomic mass is 10.1. The molecule has 0 unspecified atom stereocenters. The maximum absolute atomic E-state index is 9.77. The van der Waals surface area contributed by atoms with E-state index in [9.17, 15) is 10.2 Å². The average molecular weight is 372 g/mol. The van der Waals surface area contributed by atoms with E-state index in [0.717, 1.165) is 22.3 Å². The van der Waals surface area contributed by atoms with Gasteiger partial charge in [0.15, 0.2) is 0 Å². The molecule has 142 valence electrons. The third kappa shape index (κ3) is 7.60. The summed E-state index contributed by atoms with van der Waals surface area (Å²) in [6.07, 6.45) is 3.24. The minimum absolute atomic E-state index is 0.764. The molecule has 0 amide bonds. The molecule has 2 aromatic carbocycles. The van der Waals surface area contributed by atoms with Gasteiger partial charge >= 0.3 is 0 Å². The molecule has 28 heavy (non-hydrogen) atoms. The normalized spacial score (nSPS) is 11.8. The van der Waals surface area contributed by atoms with E-state index in [1.165, 1.54) is 0 Å². The molecule has 0 atom stereocenters. The van der Waals surface area contributed by atoms with Gasteiger partial charge in [-0.1, -0.05) is 60.1 Å². The molecule has 0 radical (unpaired) electrons. The van der Waals surface area contributed by atoms with Crippen molar-refractivity contribution in [1.82, 2.24) is 0 Å². The number of hydrogen-bond acceptors (Lipinski definition) is 4. The zero-order chi connectivity index (χ0) is 20.6. The Kier molecular flexibility index (Phi) is 6.90. The monoisotopic (exact) mass is 372 g/mol. The minimum Gasteiger partial charge on any atom is -0.378 e. The summed E-state index contributed by atoms with van der Waals surface area (Å²) in [4.78, 5) is 0. The second kappa shape index (κ2) is 9.15. The molecule has 0 saturated heterocycles. The molecule has 2 rings (SSSR count). The van der Waals surface area contributed by atoms with Gasteiger partial charge in [-0.3, -0.25) is 0 Å². The van der Waals surface area contributed by atoms with Crippen LogP contribution in [0.3, 0.4) is 0 Å². The molecule has 2 aromatic rings. The molecular weight excluding hydrogens is 348 g/mol. The minimum atomic E-state index is -1.06. The summed E-state index contributed by atoms with van der Waals surface area (Å²) >= 11 is 0. The van der Waals surface area contributed by atoms with Crippen LogP contribution in [0.25, 0.3) is 0 Å². The van der Waals surface area contributed by atoms with Gasteiger partial charge in [0.2, 0.25) is 0 Å². The van der Waals surface area contributed by atoms with Crippen LogP contribution in [0.4, 0.5) is 0 Å². The van der Waals surface area contributed by atoms with Crippen LogP contribution in [0.5, 0.6) is 0 Å². The Bertz CT molecular complexity index is 915. The van der Waals surface area contributed by atoms with Crippen molar-refractivity contribution in [2.75, 3.05) is 0 Å². The van der Waals surface area contributed by atoms with Gasteiger partial charge in [0, 0.05) is 22.3 Å². The first-order valence-corrected chi connectivity index (χ1v) is 8.90. The summed E-state index contributed by atoms with van der Waals surface area (Å²) in [7, 11) is 0. The quantitative estimate of drug-likeness (QED) is 0.493. The first-order chi connectivity index (χ1) is 13.1. The maximum atomic E-state index is 9.77. The van der Waals surface area contributed by atoms with Crippen molar-refractivity contribution in [3.8, 4) is 23.7 Å². The molecule has 0 bridgehead atoms. The van der Waals surface area contributed by atoms with Crippen molar-refractivity contribution < 1.29 is 10.2 Å². The van der Waals surface area contributed by atoms with Crippen LogP contribution in [0.2, 0.25) is 0 Å². The predicted octanol–water partition coefficient (Wildman–Crippen LogP) is 3.38. The van der Waals surface area contributed by atoms with Crippen molar-refractivity contribution in [3.05, 3.63) is 70.8 Å². The SMILES string of the molecule is CC(C)(O)C#Cc1ccccc1C=NN=Cc1ccccc1C#CC(C)(C)O. The van der Waals surface area contributed by atoms with Gasteiger partial charge in [-0.25, -0.2) is 0 Å². The molecule has 4 nitrogen and oxygen atoms in total. The van der Waals surface area contributed by atoms with Gasteiger partial charge in [0.1, 0.15) is 11.2 Å². The van der Waals surface area contributed by atoms with Crippen LogP contribution in [-0.2, 0) is 0 Å². The Labute approximate surface area is 166 Å². The highest BCUT2D eigenvalue weighted by molar-refractivity contribution is 5.86. The second-order valence-corrected chi connectivity index (χ2v) is 7.28. The van der Waals surface area contributed by atoms with Gasteiger partial charge in [-0.15, -0.1) is 0 Å². The van der Waals surface area contributed by atoms with E-state index in [-0.39, 0.29) is 0 Å². The lowest BCUT2D eigenvalue weighted by molar-refractivity contribution is 0.143. The molecule has 0 aromatic heterocycles. The van der Waals surface area contributed by atoms with Gasteiger partial charge in [0.25, 0.3) is 0 Å². The second-order valence-electron chi connectivity index (χ2n) is 7.28. The first kappa shape index (κ1) is 21.1. The van der Waals surface area contributed by atoms with Crippen LogP contribution in [-0.4, -0.2) is 33.8 Å². The van der Waals surface area contributed by atoms with E-state index in [4.69, 9.17) is 0 Å². The first-order valence-electron chi connectivity index (χ1n) is 8.90. The summed E-state index contributed by atoms with van der Waals surface area (Å²) in [5, 5.41) is 27.8. The zero-order valence-electron chi connectivity index (χ0n) is 16.6. The summed E-state index contributed by atoms with van der Waals surface area (Å²) < 4.78 is 0. The molecule has 2 N–H and O–H groups in total. The van der Waals surface area contributed by atoms with Crippen molar-refractivity contribution in [2.45, 2.75) is 38.9 Å². The Balaban J connectivity index is 2.22. The number of benzene rings is 2. The summed E-state index contributed by atoms with van der Waals surface area (Å²) in [6, 6.07) is 15.0. The fourth-order valence-corrected chi connectivity index (χ4v) is 2.08. The molecule has 0 saturated carbocycles. The largest absolute Gasteiger partial charge is 0.378 e. The standard InChI is InChI=1S/C24H24N2O2/c1-23(2,27)15-13-19-9-5-7-11-21(19)17-25-26-18-22-12-8-6-10-20(22)14-16-24(3,4)28/h5-12,17-18,27-28H,1-4H3. The van der Waals surface area contributed by atoms with Crippen LogP contribution in [0.1, 0.15) is 49.9 Å². The molecule has 0 fully saturated rings. The van der Waals surface area contributed by atoms with Crippen LogP contribution >= 0.6 is 0 Å². The molecular formula is C24H24N2O2. The number of nitrogens with zero attached hydrogens (tertiary/aromatic N) is 2. The molecule has 4 heteroatoms. The van der Waals surface area contributed by atoms with E-state index >= 15 is 0 Å². The number of rotatable bonds is 3. The molecule has 0 heterocycles. The Morgan fingerprint density at radius 1 is 0.679 bits per heavy atom. The summed E-state index contributed by atoms with van der Waals surface area (Å²) in [6.45, 7) is 6.55. The molecule has 0 aliphatic heterocycles. The smallest absolute Gasteiger partial charge is 0.120 e. The molecule has 0 aliphatic carbocycles. The molecule has 0 spiro atoms. The third-order valence-electron chi connectivity index (χ3n) is 3.39. The van der Waals surface area contributed by atoms with Crippen molar-refractivity contribution in [2.24, 2.45) is 10.2 Å². The van der Waals surface area contributed by atoms with E-state index < -0.39 is 11.2 Å². The topological polar surface area (TPSA) is 65.2 Å². The predicted molar refractivity (Wildman–Crippen MR) is 114 cm³/mol. The van der Waals surface area contributed by atoms with Crippen LogP contribution < -0.4 is 0 Å². The Hall–Kier alpha value is -3.18. The van der Waals surface area contributed by atoms with Crippen LogP contribution in [0, 0.1) is 23.7 Å². The lowest BCUT2D eigenvalue weighted by Gasteiger charge is -2.06. The van der Waals surface area contributed by atoms with Gasteiger partial charge < -0.3 is 10.2 Å². The van der Waals surface area contributed by atoms with Crippen molar-refractivity contribution in [1.29, 1.82) is 0 Å². The van der Waals surface area contributed by atoms with Crippen LogP contribution in [0.15, 0.2) is 58.7 Å². The van der Waals surface area contributed by atoms with E-state index in [1.807, 2.05) is 48.5 Å². The Morgan fingerprint density at radius 3 is 1.39 bits per heavy atom. The number of aliphatic hydroxyl groups is 2. The average Bonchev–Trinajstić information content (AvgIpc) is 2.62. The van der Waals surface area contributed by atoms with Crippen molar-refractivity contribution in [3.63, 3.8) is 0 Å². The van der Waals surface area contributed by atoms with E-state index in [0.29, 0.717) is 0 Å². The van der Waals surface area contributed by atoms with Gasteiger partial charge in [-0.05, 0) is 39.8 Å². The summed E-state index contributed by atoms with van der Waals surface area (Å²) in [5.41, 5.74) is 1.03. The van der Waals surface area contributed by atoms with E-state index in [2.05, 4.69) is 33.9 Å². The highest BCUT2D eigenvalue weighted by atomic mass is 16.3. The van der Waals surface area contributed by atoms with Gasteiger partial charge in [0.05, 0.1) is 12.4 Å². The van der Waals surface area contributed by atoms with Crippen molar-refractivity contribution >= 4 is 12.4 Å². The molecule has 0 aliphatic rings. The van der Waals surface area contributed by atoms with Gasteiger partial charge in [-0.2, -0.15) is 10.2 Å². The van der Waals surface area contributed by atoms with E-state index in [1.54, 1.807) is 40.1 Å².